The van der Waals surface area contributed by atoms with Gasteiger partial charge in [0.05, 0.1) is 12.6 Å². The van der Waals surface area contributed by atoms with Gasteiger partial charge in [-0.2, -0.15) is 4.99 Å². The predicted molar refractivity (Wildman–Crippen MR) is 85.8 cm³/mol. The maximum Gasteiger partial charge on any atom is 0.235 e. The van der Waals surface area contributed by atoms with E-state index in [1.165, 1.54) is 24.8 Å². The Kier molecular flexibility index (Phi) is 4.60. The third-order valence-corrected chi connectivity index (χ3v) is 5.10. The molecule has 4 heteroatoms. The number of aliphatic imine (C=N–C) groups is 1. The van der Waals surface area contributed by atoms with Gasteiger partial charge in [-0.1, -0.05) is 12.5 Å². The Morgan fingerprint density at radius 1 is 1.23 bits per heavy atom. The molecule has 22 heavy (non-hydrogen) atoms. The minimum atomic E-state index is -0.329. The second-order valence-electron chi connectivity index (χ2n) is 6.45. The lowest BCUT2D eigenvalue weighted by molar-refractivity contribution is 0.217. The molecule has 3 rings (SSSR count). The number of likely N-dealkylation sites (tertiary alicyclic amines) is 1. The maximum atomic E-state index is 10.8. The molecule has 0 spiro atoms. The van der Waals surface area contributed by atoms with Crippen LogP contribution in [0.2, 0.25) is 0 Å². The molecule has 1 heterocycles. The molecule has 118 valence electrons. The molecule has 0 atom stereocenters. The number of benzene rings is 1. The van der Waals surface area contributed by atoms with Crippen LogP contribution in [0.5, 0.6) is 5.75 Å². The van der Waals surface area contributed by atoms with Crippen LogP contribution in [0.3, 0.4) is 0 Å². The molecule has 4 nitrogen and oxygen atoms in total. The summed E-state index contributed by atoms with van der Waals surface area (Å²) >= 11 is 0. The van der Waals surface area contributed by atoms with E-state index in [4.69, 9.17) is 4.74 Å². The molecule has 2 aliphatic rings. The summed E-state index contributed by atoms with van der Waals surface area (Å²) in [5.74, 6) is 0.930. The first-order chi connectivity index (χ1) is 10.8. The van der Waals surface area contributed by atoms with Crippen molar-refractivity contribution in [2.24, 2.45) is 4.99 Å². The monoisotopic (exact) mass is 300 g/mol. The number of ether oxygens (including phenoxy) is 1. The highest BCUT2D eigenvalue weighted by Crippen LogP contribution is 2.45. The van der Waals surface area contributed by atoms with Gasteiger partial charge in [0.2, 0.25) is 6.08 Å². The Morgan fingerprint density at radius 3 is 2.59 bits per heavy atom. The summed E-state index contributed by atoms with van der Waals surface area (Å²) in [6, 6.07) is 6.26. The van der Waals surface area contributed by atoms with E-state index in [1.807, 2.05) is 6.07 Å². The number of rotatable bonds is 5. The standard InChI is InChI=1S/C18H24N2O2/c1-22-17-7-6-16(18(19-14-21)8-5-9-18)12-15(17)13-20-10-3-2-4-11-20/h6-7,12H,2-5,8-11,13H2,1H3. The molecule has 1 aromatic carbocycles. The lowest BCUT2D eigenvalue weighted by atomic mass is 9.72. The molecule has 1 aliphatic carbocycles. The highest BCUT2D eigenvalue weighted by molar-refractivity contribution is 5.44. The zero-order valence-electron chi connectivity index (χ0n) is 13.3. The molecule has 1 aromatic rings. The zero-order valence-corrected chi connectivity index (χ0v) is 13.3. The topological polar surface area (TPSA) is 41.9 Å². The van der Waals surface area contributed by atoms with Crippen molar-refractivity contribution in [3.63, 3.8) is 0 Å². The summed E-state index contributed by atoms with van der Waals surface area (Å²) in [5, 5.41) is 0. The summed E-state index contributed by atoms with van der Waals surface area (Å²) < 4.78 is 5.53. The second-order valence-corrected chi connectivity index (χ2v) is 6.45. The molecule has 0 unspecified atom stereocenters. The summed E-state index contributed by atoms with van der Waals surface area (Å²) in [4.78, 5) is 17.4. The van der Waals surface area contributed by atoms with Crippen molar-refractivity contribution in [1.29, 1.82) is 0 Å². The van der Waals surface area contributed by atoms with Crippen molar-refractivity contribution in [3.05, 3.63) is 29.3 Å². The molecule has 0 N–H and O–H groups in total. The number of isocyanates is 1. The Balaban J connectivity index is 1.87. The Labute approximate surface area is 132 Å². The first kappa shape index (κ1) is 15.3. The van der Waals surface area contributed by atoms with E-state index in [-0.39, 0.29) is 5.54 Å². The molecule has 1 aliphatic heterocycles. The van der Waals surface area contributed by atoms with Crippen LogP contribution in [0.15, 0.2) is 23.2 Å². The molecule has 0 amide bonds. The molecule has 2 fully saturated rings. The van der Waals surface area contributed by atoms with E-state index in [1.54, 1.807) is 13.2 Å². The molecular weight excluding hydrogens is 276 g/mol. The highest BCUT2D eigenvalue weighted by Gasteiger charge is 2.39. The van der Waals surface area contributed by atoms with Gasteiger partial charge in [-0.15, -0.1) is 0 Å². The van der Waals surface area contributed by atoms with Gasteiger partial charge in [0, 0.05) is 12.1 Å². The van der Waals surface area contributed by atoms with Crippen LogP contribution in [0, 0.1) is 0 Å². The number of hydrogen-bond acceptors (Lipinski definition) is 4. The van der Waals surface area contributed by atoms with Crippen molar-refractivity contribution in [2.45, 2.75) is 50.6 Å². The average molecular weight is 300 g/mol. The third-order valence-electron chi connectivity index (χ3n) is 5.10. The number of piperidine rings is 1. The van der Waals surface area contributed by atoms with Gasteiger partial charge in [0.1, 0.15) is 5.75 Å². The quantitative estimate of drug-likeness (QED) is 0.618. The molecule has 1 saturated heterocycles. The summed E-state index contributed by atoms with van der Waals surface area (Å²) in [6.07, 6.45) is 8.68. The predicted octanol–water partition coefficient (Wildman–Crippen LogP) is 3.40. The number of hydrogen-bond donors (Lipinski definition) is 0. The van der Waals surface area contributed by atoms with E-state index < -0.39 is 0 Å². The fraction of sp³-hybridized carbons (Fsp3) is 0.611. The SMILES string of the molecule is COc1ccc(C2(N=C=O)CCC2)cc1CN1CCCCC1. The smallest absolute Gasteiger partial charge is 0.235 e. The molecular formula is C18H24N2O2. The van der Waals surface area contributed by atoms with Crippen LogP contribution >= 0.6 is 0 Å². The Hall–Kier alpha value is -1.64. The highest BCUT2D eigenvalue weighted by atomic mass is 16.5. The molecule has 0 radical (unpaired) electrons. The van der Waals surface area contributed by atoms with Crippen LogP contribution in [0.1, 0.15) is 49.7 Å². The first-order valence-electron chi connectivity index (χ1n) is 8.26. The fourth-order valence-corrected chi connectivity index (χ4v) is 3.61. The van der Waals surface area contributed by atoms with Gasteiger partial charge in [-0.05, 0) is 62.9 Å². The lowest BCUT2D eigenvalue weighted by Gasteiger charge is -2.37. The van der Waals surface area contributed by atoms with Crippen LogP contribution in [-0.4, -0.2) is 31.2 Å². The normalized spacial score (nSPS) is 20.8. The van der Waals surface area contributed by atoms with E-state index in [9.17, 15) is 4.79 Å². The van der Waals surface area contributed by atoms with Crippen LogP contribution in [0.25, 0.3) is 0 Å². The molecule has 0 bridgehead atoms. The average Bonchev–Trinajstić information content (AvgIpc) is 2.52. The van der Waals surface area contributed by atoms with Gasteiger partial charge in [-0.25, -0.2) is 4.79 Å². The number of carbonyl (C=O) groups excluding carboxylic acids is 1. The summed E-state index contributed by atoms with van der Waals surface area (Å²) in [6.45, 7) is 3.23. The first-order valence-corrected chi connectivity index (χ1v) is 8.26. The van der Waals surface area contributed by atoms with E-state index in [2.05, 4.69) is 22.0 Å². The van der Waals surface area contributed by atoms with Crippen LogP contribution < -0.4 is 4.74 Å². The Bertz CT molecular complexity index is 568. The van der Waals surface area contributed by atoms with Crippen molar-refractivity contribution in [3.8, 4) is 5.75 Å². The maximum absolute atomic E-state index is 10.8. The van der Waals surface area contributed by atoms with Gasteiger partial charge in [0.25, 0.3) is 0 Å². The Morgan fingerprint density at radius 2 is 2.00 bits per heavy atom. The molecule has 0 aromatic heterocycles. The summed E-state index contributed by atoms with van der Waals surface area (Å²) in [5.41, 5.74) is 2.01. The van der Waals surface area contributed by atoms with Gasteiger partial charge < -0.3 is 4.74 Å². The van der Waals surface area contributed by atoms with Crippen molar-refractivity contribution < 1.29 is 9.53 Å². The summed E-state index contributed by atoms with van der Waals surface area (Å²) in [7, 11) is 1.72. The fourth-order valence-electron chi connectivity index (χ4n) is 3.61. The lowest BCUT2D eigenvalue weighted by Crippen LogP contribution is -2.32. The minimum Gasteiger partial charge on any atom is -0.496 e. The second kappa shape index (κ2) is 6.64. The van der Waals surface area contributed by atoms with Crippen molar-refractivity contribution in [1.82, 2.24) is 4.90 Å². The largest absolute Gasteiger partial charge is 0.496 e. The van der Waals surface area contributed by atoms with E-state index in [0.717, 1.165) is 50.2 Å². The molecule has 1 saturated carbocycles. The number of nitrogens with zero attached hydrogens (tertiary/aromatic N) is 2. The van der Waals surface area contributed by atoms with Crippen molar-refractivity contribution in [2.75, 3.05) is 20.2 Å². The third kappa shape index (κ3) is 2.94. The van der Waals surface area contributed by atoms with E-state index in [0.29, 0.717) is 0 Å². The number of methoxy groups -OCH3 is 1. The van der Waals surface area contributed by atoms with Crippen LogP contribution in [-0.2, 0) is 16.9 Å². The van der Waals surface area contributed by atoms with Crippen LogP contribution in [0.4, 0.5) is 0 Å². The van der Waals surface area contributed by atoms with Gasteiger partial charge >= 0.3 is 0 Å². The van der Waals surface area contributed by atoms with Crippen molar-refractivity contribution >= 4 is 6.08 Å². The minimum absolute atomic E-state index is 0.329. The van der Waals surface area contributed by atoms with Gasteiger partial charge in [-0.3, -0.25) is 4.90 Å². The van der Waals surface area contributed by atoms with E-state index >= 15 is 0 Å². The van der Waals surface area contributed by atoms with Gasteiger partial charge in [0.15, 0.2) is 0 Å². The zero-order chi connectivity index (χ0) is 15.4.